The number of carboxylic acid groups (broad SMARTS) is 2. The molecule has 1 atom stereocenters. The highest BCUT2D eigenvalue weighted by molar-refractivity contribution is 5.34. The van der Waals surface area contributed by atoms with E-state index in [0.717, 1.165) is 58.3 Å². The third-order valence-electron chi connectivity index (χ3n) is 6.89. The number of likely N-dealkylation sites (tertiary alicyclic amines) is 1. The van der Waals surface area contributed by atoms with Crippen LogP contribution in [0.3, 0.4) is 0 Å². The van der Waals surface area contributed by atoms with E-state index in [9.17, 15) is 0 Å². The molecule has 0 bridgehead atoms. The predicted molar refractivity (Wildman–Crippen MR) is 130 cm³/mol. The van der Waals surface area contributed by atoms with Crippen LogP contribution < -0.4 is 4.74 Å². The lowest BCUT2D eigenvalue weighted by Crippen LogP contribution is -2.44. The van der Waals surface area contributed by atoms with Crippen molar-refractivity contribution in [1.82, 2.24) is 20.0 Å². The fourth-order valence-corrected chi connectivity index (χ4v) is 5.30. The number of benzene rings is 1. The molecule has 3 aliphatic rings. The summed E-state index contributed by atoms with van der Waals surface area (Å²) in [6.45, 7) is 8.25. The second-order valence-corrected chi connectivity index (χ2v) is 9.02. The van der Waals surface area contributed by atoms with Crippen LogP contribution in [0.5, 0.6) is 5.75 Å². The first-order valence-corrected chi connectivity index (χ1v) is 12.1. The average molecular weight is 489 g/mol. The molecule has 1 spiro atoms. The summed E-state index contributed by atoms with van der Waals surface area (Å²) in [7, 11) is 0. The van der Waals surface area contributed by atoms with E-state index in [0.29, 0.717) is 5.41 Å². The predicted octanol–water partition coefficient (Wildman–Crippen LogP) is 2.00. The maximum Gasteiger partial charge on any atom is 0.290 e. The molecule has 0 radical (unpaired) electrons. The molecule has 1 aromatic carbocycles. The van der Waals surface area contributed by atoms with Gasteiger partial charge in [0.25, 0.3) is 12.9 Å². The van der Waals surface area contributed by atoms with Gasteiger partial charge in [-0.3, -0.25) is 24.5 Å². The summed E-state index contributed by atoms with van der Waals surface area (Å²) in [5, 5.41) is 21.4. The second kappa shape index (κ2) is 13.8. The normalized spacial score (nSPS) is 21.7. The monoisotopic (exact) mass is 488 g/mol. The third-order valence-corrected chi connectivity index (χ3v) is 6.89. The summed E-state index contributed by atoms with van der Waals surface area (Å²) in [5.41, 5.74) is 4.51. The molecule has 2 saturated heterocycles. The molecule has 2 aromatic rings. The summed E-state index contributed by atoms with van der Waals surface area (Å²) < 4.78 is 11.3. The molecular formula is C25H36N4O6. The van der Waals surface area contributed by atoms with Crippen LogP contribution in [0.2, 0.25) is 0 Å². The Morgan fingerprint density at radius 3 is 2.49 bits per heavy atom. The minimum Gasteiger partial charge on any atom is -0.492 e. The molecule has 192 valence electrons. The van der Waals surface area contributed by atoms with Crippen LogP contribution in [0.1, 0.15) is 36.1 Å². The molecular weight excluding hydrogens is 452 g/mol. The molecule has 1 unspecified atom stereocenters. The number of nitrogens with zero attached hydrogens (tertiary/aromatic N) is 3. The van der Waals surface area contributed by atoms with Gasteiger partial charge in [-0.25, -0.2) is 0 Å². The van der Waals surface area contributed by atoms with E-state index >= 15 is 0 Å². The number of aryl methyl sites for hydroxylation is 1. The van der Waals surface area contributed by atoms with Gasteiger partial charge in [0, 0.05) is 43.8 Å². The SMILES string of the molecule is O=CO.O=CO.c1cc(OCCN2CCOCC2)ccc1CN1CCCC2(CCc3cn[nH]c32)C1. The molecule has 1 aliphatic carbocycles. The molecule has 10 heteroatoms. The van der Waals surface area contributed by atoms with E-state index in [1.807, 2.05) is 6.20 Å². The fraction of sp³-hybridized carbons (Fsp3) is 0.560. The van der Waals surface area contributed by atoms with Crippen molar-refractivity contribution in [3.05, 3.63) is 47.3 Å². The highest BCUT2D eigenvalue weighted by Gasteiger charge is 2.43. The van der Waals surface area contributed by atoms with Crippen LogP contribution in [0.25, 0.3) is 0 Å². The van der Waals surface area contributed by atoms with Crippen LogP contribution in [-0.2, 0) is 32.7 Å². The van der Waals surface area contributed by atoms with Crippen molar-refractivity contribution in [3.8, 4) is 5.75 Å². The molecule has 35 heavy (non-hydrogen) atoms. The van der Waals surface area contributed by atoms with E-state index in [-0.39, 0.29) is 12.9 Å². The van der Waals surface area contributed by atoms with Gasteiger partial charge in [-0.2, -0.15) is 5.10 Å². The third kappa shape index (κ3) is 7.51. The standard InChI is InChI=1S/C23H32N4O2.2CH2O2/c1-7-23(8-6-20-16-24-25-22(20)23)18-27(9-1)17-19-2-4-21(5-3-19)29-15-12-26-10-13-28-14-11-26;2*2-1-3/h2-5,16H,1,6-15,17-18H2,(H,24,25);2*1H,(H,2,3). The van der Waals surface area contributed by atoms with Crippen LogP contribution >= 0.6 is 0 Å². The molecule has 3 N–H and O–H groups in total. The molecule has 3 heterocycles. The zero-order valence-electron chi connectivity index (χ0n) is 20.1. The molecule has 2 fully saturated rings. The van der Waals surface area contributed by atoms with Crippen molar-refractivity contribution < 1.29 is 29.3 Å². The lowest BCUT2D eigenvalue weighted by molar-refractivity contribution is -0.123. The van der Waals surface area contributed by atoms with Crippen molar-refractivity contribution in [2.24, 2.45) is 0 Å². The van der Waals surface area contributed by atoms with E-state index in [1.54, 1.807) is 0 Å². The first kappa shape index (κ1) is 26.7. The number of aromatic nitrogens is 2. The minimum atomic E-state index is -0.250. The van der Waals surface area contributed by atoms with E-state index in [4.69, 9.17) is 29.3 Å². The number of hydrogen-bond donors (Lipinski definition) is 3. The lowest BCUT2D eigenvalue weighted by Gasteiger charge is -2.40. The van der Waals surface area contributed by atoms with E-state index < -0.39 is 0 Å². The van der Waals surface area contributed by atoms with Gasteiger partial charge in [0.2, 0.25) is 0 Å². The Morgan fingerprint density at radius 1 is 1.06 bits per heavy atom. The van der Waals surface area contributed by atoms with Gasteiger partial charge in [0.1, 0.15) is 12.4 Å². The number of carbonyl (C=O) groups is 2. The van der Waals surface area contributed by atoms with Crippen molar-refractivity contribution >= 4 is 12.9 Å². The number of nitrogens with one attached hydrogen (secondary N) is 1. The van der Waals surface area contributed by atoms with Crippen molar-refractivity contribution in [3.63, 3.8) is 0 Å². The average Bonchev–Trinajstić information content (AvgIpc) is 3.47. The Kier molecular flexibility index (Phi) is 10.5. The van der Waals surface area contributed by atoms with Crippen LogP contribution in [0, 0.1) is 0 Å². The smallest absolute Gasteiger partial charge is 0.290 e. The number of aromatic amines is 1. The van der Waals surface area contributed by atoms with Gasteiger partial charge in [0.05, 0.1) is 19.4 Å². The second-order valence-electron chi connectivity index (χ2n) is 9.02. The van der Waals surface area contributed by atoms with Gasteiger partial charge in [0.15, 0.2) is 0 Å². The van der Waals surface area contributed by atoms with Crippen LogP contribution in [-0.4, -0.2) is 95.7 Å². The van der Waals surface area contributed by atoms with Gasteiger partial charge >= 0.3 is 0 Å². The van der Waals surface area contributed by atoms with Crippen LogP contribution in [0.4, 0.5) is 0 Å². The number of piperidine rings is 1. The number of hydrogen-bond acceptors (Lipinski definition) is 7. The minimum absolute atomic E-state index is 0.250. The molecule has 1 aromatic heterocycles. The van der Waals surface area contributed by atoms with Crippen molar-refractivity contribution in [2.45, 2.75) is 37.6 Å². The Morgan fingerprint density at radius 2 is 1.77 bits per heavy atom. The van der Waals surface area contributed by atoms with Gasteiger partial charge in [-0.05, 0) is 55.5 Å². The summed E-state index contributed by atoms with van der Waals surface area (Å²) in [5.74, 6) is 0.968. The Labute approximate surface area is 205 Å². The first-order chi connectivity index (χ1) is 17.1. The lowest BCUT2D eigenvalue weighted by atomic mass is 9.77. The number of H-pyrrole nitrogens is 1. The number of fused-ring (bicyclic) bond motifs is 2. The summed E-state index contributed by atoms with van der Waals surface area (Å²) >= 11 is 0. The maximum absolute atomic E-state index is 8.36. The van der Waals surface area contributed by atoms with Crippen molar-refractivity contribution in [2.75, 3.05) is 52.5 Å². The zero-order chi connectivity index (χ0) is 24.9. The molecule has 0 saturated carbocycles. The number of morpholine rings is 1. The highest BCUT2D eigenvalue weighted by atomic mass is 16.5. The van der Waals surface area contributed by atoms with Crippen molar-refractivity contribution in [1.29, 1.82) is 0 Å². The van der Waals surface area contributed by atoms with Gasteiger partial charge < -0.3 is 19.7 Å². The number of rotatable bonds is 6. The van der Waals surface area contributed by atoms with E-state index in [2.05, 4.69) is 44.3 Å². The topological polar surface area (TPSA) is 128 Å². The quantitative estimate of drug-likeness (QED) is 0.523. The zero-order valence-corrected chi connectivity index (χ0v) is 20.1. The Hall–Kier alpha value is -2.95. The highest BCUT2D eigenvalue weighted by Crippen LogP contribution is 2.44. The number of ether oxygens (including phenoxy) is 2. The fourth-order valence-electron chi connectivity index (χ4n) is 5.30. The Balaban J connectivity index is 0.000000520. The van der Waals surface area contributed by atoms with Crippen LogP contribution in [0.15, 0.2) is 30.5 Å². The molecule has 2 aliphatic heterocycles. The first-order valence-electron chi connectivity index (χ1n) is 12.1. The van der Waals surface area contributed by atoms with Gasteiger partial charge in [-0.15, -0.1) is 0 Å². The summed E-state index contributed by atoms with van der Waals surface area (Å²) in [6.07, 6.45) is 7.02. The molecule has 0 amide bonds. The largest absolute Gasteiger partial charge is 0.492 e. The molecule has 10 nitrogen and oxygen atoms in total. The maximum atomic E-state index is 8.36. The molecule has 5 rings (SSSR count). The summed E-state index contributed by atoms with van der Waals surface area (Å²) in [6, 6.07) is 8.69. The van der Waals surface area contributed by atoms with E-state index in [1.165, 1.54) is 49.0 Å². The summed E-state index contributed by atoms with van der Waals surface area (Å²) in [4.78, 5) is 21.7. The van der Waals surface area contributed by atoms with Gasteiger partial charge in [-0.1, -0.05) is 12.1 Å². The Bertz CT molecular complexity index is 894.